The van der Waals surface area contributed by atoms with Crippen molar-refractivity contribution in [1.82, 2.24) is 14.7 Å². The third-order valence-electron chi connectivity index (χ3n) is 5.71. The van der Waals surface area contributed by atoms with Crippen molar-refractivity contribution in [2.75, 3.05) is 19.8 Å². The zero-order valence-corrected chi connectivity index (χ0v) is 17.2. The van der Waals surface area contributed by atoms with Crippen molar-refractivity contribution in [1.29, 1.82) is 0 Å². The van der Waals surface area contributed by atoms with Crippen LogP contribution < -0.4 is 4.74 Å². The van der Waals surface area contributed by atoms with E-state index in [-0.39, 0.29) is 23.7 Å². The summed E-state index contributed by atoms with van der Waals surface area (Å²) in [5.74, 6) is 0.688. The number of rotatable bonds is 7. The molecule has 1 aliphatic heterocycles. The van der Waals surface area contributed by atoms with Gasteiger partial charge in [0, 0.05) is 31.3 Å². The van der Waals surface area contributed by atoms with E-state index in [1.54, 1.807) is 0 Å². The molecule has 2 aromatic rings. The fourth-order valence-electron chi connectivity index (χ4n) is 3.90. The van der Waals surface area contributed by atoms with Crippen LogP contribution in [0.15, 0.2) is 24.3 Å². The van der Waals surface area contributed by atoms with Crippen molar-refractivity contribution < 1.29 is 19.1 Å². The highest BCUT2D eigenvalue weighted by molar-refractivity contribution is 5.94. The number of nitrogens with zero attached hydrogens (tertiary/aromatic N) is 3. The maximum absolute atomic E-state index is 13.3. The van der Waals surface area contributed by atoms with E-state index in [1.165, 1.54) is 0 Å². The van der Waals surface area contributed by atoms with E-state index < -0.39 is 0 Å². The molecule has 1 saturated carbocycles. The maximum Gasteiger partial charge on any atom is 0.309 e. The van der Waals surface area contributed by atoms with Crippen LogP contribution in [0.5, 0.6) is 5.75 Å². The lowest BCUT2D eigenvalue weighted by Gasteiger charge is -2.22. The van der Waals surface area contributed by atoms with Gasteiger partial charge in [0.25, 0.3) is 5.91 Å². The van der Waals surface area contributed by atoms with Crippen LogP contribution >= 0.6 is 0 Å². The van der Waals surface area contributed by atoms with Crippen molar-refractivity contribution >= 4 is 11.9 Å². The molecule has 2 heterocycles. The predicted octanol–water partition coefficient (Wildman–Crippen LogP) is 2.51. The van der Waals surface area contributed by atoms with Gasteiger partial charge in [-0.15, -0.1) is 0 Å². The van der Waals surface area contributed by atoms with Crippen LogP contribution in [0.25, 0.3) is 0 Å². The summed E-state index contributed by atoms with van der Waals surface area (Å²) in [6, 6.07) is 7.61. The number of aryl methyl sites for hydroxylation is 2. The molecule has 0 unspecified atom stereocenters. The van der Waals surface area contributed by atoms with Gasteiger partial charge in [0.15, 0.2) is 0 Å². The van der Waals surface area contributed by atoms with Gasteiger partial charge in [-0.05, 0) is 56.0 Å². The summed E-state index contributed by atoms with van der Waals surface area (Å²) in [4.78, 5) is 27.2. The first kappa shape index (κ1) is 19.5. The SMILES string of the molecule is CCOC(=O)[C@H]1C[C@H]1CN(Cc1cc(C)n(C)n1)C(=O)c1ccc2c(c1)CCO2. The van der Waals surface area contributed by atoms with Gasteiger partial charge in [0.05, 0.1) is 31.4 Å². The minimum Gasteiger partial charge on any atom is -0.493 e. The maximum atomic E-state index is 13.3. The highest BCUT2D eigenvalue weighted by Gasteiger charge is 2.45. The number of hydrogen-bond acceptors (Lipinski definition) is 5. The van der Waals surface area contributed by atoms with Gasteiger partial charge in [-0.1, -0.05) is 0 Å². The number of carbonyl (C=O) groups excluding carboxylic acids is 2. The summed E-state index contributed by atoms with van der Waals surface area (Å²) in [7, 11) is 1.89. The molecule has 29 heavy (non-hydrogen) atoms. The average molecular weight is 397 g/mol. The van der Waals surface area contributed by atoms with Crippen molar-refractivity contribution in [2.45, 2.75) is 33.2 Å². The van der Waals surface area contributed by atoms with E-state index in [4.69, 9.17) is 9.47 Å². The first-order valence-corrected chi connectivity index (χ1v) is 10.2. The fourth-order valence-corrected chi connectivity index (χ4v) is 3.90. The number of benzene rings is 1. The summed E-state index contributed by atoms with van der Waals surface area (Å²) < 4.78 is 12.5. The first-order valence-electron chi connectivity index (χ1n) is 10.2. The minimum atomic E-state index is -0.159. The Balaban J connectivity index is 1.52. The fraction of sp³-hybridized carbons (Fsp3) is 0.500. The molecule has 0 radical (unpaired) electrons. The summed E-state index contributed by atoms with van der Waals surface area (Å²) in [6.45, 7) is 5.78. The zero-order valence-electron chi connectivity index (χ0n) is 17.2. The summed E-state index contributed by atoms with van der Waals surface area (Å²) in [6.07, 6.45) is 1.59. The summed E-state index contributed by atoms with van der Waals surface area (Å²) >= 11 is 0. The van der Waals surface area contributed by atoms with E-state index in [0.717, 1.165) is 35.5 Å². The number of fused-ring (bicyclic) bond motifs is 1. The highest BCUT2D eigenvalue weighted by atomic mass is 16.5. The second kappa shape index (κ2) is 7.89. The molecule has 0 N–H and O–H groups in total. The quantitative estimate of drug-likeness (QED) is 0.671. The van der Waals surface area contributed by atoms with Crippen LogP contribution in [0.3, 0.4) is 0 Å². The van der Waals surface area contributed by atoms with Crippen LogP contribution in [0, 0.1) is 18.8 Å². The highest BCUT2D eigenvalue weighted by Crippen LogP contribution is 2.40. The van der Waals surface area contributed by atoms with Gasteiger partial charge < -0.3 is 14.4 Å². The molecule has 1 amide bonds. The zero-order chi connectivity index (χ0) is 20.5. The van der Waals surface area contributed by atoms with Crippen molar-refractivity contribution in [3.63, 3.8) is 0 Å². The summed E-state index contributed by atoms with van der Waals surface area (Å²) in [5, 5.41) is 4.51. The van der Waals surface area contributed by atoms with Crippen LogP contribution in [0.2, 0.25) is 0 Å². The van der Waals surface area contributed by atoms with Crippen molar-refractivity contribution in [3.05, 3.63) is 46.8 Å². The lowest BCUT2D eigenvalue weighted by atomic mass is 10.1. The molecule has 2 aliphatic rings. The van der Waals surface area contributed by atoms with Gasteiger partial charge in [0.2, 0.25) is 0 Å². The van der Waals surface area contributed by atoms with E-state index in [9.17, 15) is 9.59 Å². The Morgan fingerprint density at radius 1 is 1.34 bits per heavy atom. The third kappa shape index (κ3) is 4.13. The number of aromatic nitrogens is 2. The minimum absolute atomic E-state index is 0.0440. The standard InChI is InChI=1S/C22H27N3O4/c1-4-28-22(27)19-11-17(19)12-25(13-18-9-14(2)24(3)23-18)21(26)16-5-6-20-15(10-16)7-8-29-20/h5-6,9-10,17,19H,4,7-8,11-13H2,1-3H3/t17-,19-/m0/s1. The molecule has 0 spiro atoms. The number of esters is 1. The van der Waals surface area contributed by atoms with Crippen LogP contribution in [0.4, 0.5) is 0 Å². The largest absolute Gasteiger partial charge is 0.493 e. The molecule has 1 aromatic carbocycles. The number of hydrogen-bond donors (Lipinski definition) is 0. The second-order valence-corrected chi connectivity index (χ2v) is 7.86. The topological polar surface area (TPSA) is 73.7 Å². The molecule has 7 nitrogen and oxygen atoms in total. The van der Waals surface area contributed by atoms with E-state index in [0.29, 0.717) is 31.9 Å². The number of ether oxygens (including phenoxy) is 2. The van der Waals surface area contributed by atoms with Gasteiger partial charge in [-0.25, -0.2) is 0 Å². The average Bonchev–Trinajstić information content (AvgIpc) is 3.17. The molecule has 1 aliphatic carbocycles. The van der Waals surface area contributed by atoms with Gasteiger partial charge >= 0.3 is 5.97 Å². The van der Waals surface area contributed by atoms with Gasteiger partial charge in [0.1, 0.15) is 5.75 Å². The molecule has 4 rings (SSSR count). The van der Waals surface area contributed by atoms with Gasteiger partial charge in [-0.2, -0.15) is 5.10 Å². The number of amides is 1. The Kier molecular flexibility index (Phi) is 5.30. The molecule has 0 bridgehead atoms. The van der Waals surface area contributed by atoms with E-state index in [1.807, 2.05) is 54.7 Å². The Bertz CT molecular complexity index is 917. The molecule has 1 aromatic heterocycles. The monoisotopic (exact) mass is 397 g/mol. The lowest BCUT2D eigenvalue weighted by Crippen LogP contribution is -2.33. The molecule has 154 valence electrons. The molecular formula is C22H27N3O4. The second-order valence-electron chi connectivity index (χ2n) is 7.86. The Morgan fingerprint density at radius 3 is 2.90 bits per heavy atom. The molecule has 7 heteroatoms. The Labute approximate surface area is 170 Å². The smallest absolute Gasteiger partial charge is 0.309 e. The predicted molar refractivity (Wildman–Crippen MR) is 107 cm³/mol. The first-order chi connectivity index (χ1) is 14.0. The van der Waals surface area contributed by atoms with Crippen molar-refractivity contribution in [3.8, 4) is 5.75 Å². The normalized spacial score (nSPS) is 19.4. The Morgan fingerprint density at radius 2 is 2.17 bits per heavy atom. The van der Waals surface area contributed by atoms with Crippen molar-refractivity contribution in [2.24, 2.45) is 18.9 Å². The molecular weight excluding hydrogens is 370 g/mol. The third-order valence-corrected chi connectivity index (χ3v) is 5.71. The number of carbonyl (C=O) groups is 2. The van der Waals surface area contributed by atoms with Crippen LogP contribution in [-0.4, -0.2) is 46.3 Å². The Hall–Kier alpha value is -2.83. The van der Waals surface area contributed by atoms with Crippen LogP contribution in [-0.2, 0) is 29.5 Å². The molecule has 2 atom stereocenters. The molecule has 0 saturated heterocycles. The summed E-state index contributed by atoms with van der Waals surface area (Å²) in [5.41, 5.74) is 3.60. The van der Waals surface area contributed by atoms with Crippen LogP contribution in [0.1, 0.15) is 40.7 Å². The van der Waals surface area contributed by atoms with E-state index >= 15 is 0 Å². The van der Waals surface area contributed by atoms with E-state index in [2.05, 4.69) is 5.10 Å². The van der Waals surface area contributed by atoms with Gasteiger partial charge in [-0.3, -0.25) is 14.3 Å². The molecule has 1 fully saturated rings. The lowest BCUT2D eigenvalue weighted by molar-refractivity contribution is -0.145.